The number of carbonyl (C=O) groups excluding carboxylic acids is 1. The molecular formula is C16H18N2O2S. The minimum Gasteiger partial charge on any atom is -0.508 e. The van der Waals surface area contributed by atoms with E-state index in [1.54, 1.807) is 24.3 Å². The van der Waals surface area contributed by atoms with E-state index in [0.29, 0.717) is 10.8 Å². The molecule has 3 rings (SSSR count). The molecule has 0 radical (unpaired) electrons. The number of benzene rings is 1. The lowest BCUT2D eigenvalue weighted by Gasteiger charge is -2.31. The fourth-order valence-corrected chi connectivity index (χ4v) is 3.61. The summed E-state index contributed by atoms with van der Waals surface area (Å²) in [6.45, 7) is 4.18. The van der Waals surface area contributed by atoms with Crippen LogP contribution in [-0.2, 0) is 4.79 Å². The second-order valence-corrected chi connectivity index (χ2v) is 6.61. The quantitative estimate of drug-likeness (QED) is 0.810. The average molecular weight is 302 g/mol. The lowest BCUT2D eigenvalue weighted by atomic mass is 10.0. The molecule has 1 amide bonds. The van der Waals surface area contributed by atoms with E-state index in [2.05, 4.69) is 16.8 Å². The number of phenolic OH excluding ortho intramolecular Hbond substituents is 1. The summed E-state index contributed by atoms with van der Waals surface area (Å²) in [5, 5.41) is 10.3. The number of amidine groups is 1. The fourth-order valence-electron chi connectivity index (χ4n) is 2.66. The molecule has 0 spiro atoms. The molecule has 1 saturated heterocycles. The number of hydrogen-bond donors (Lipinski definition) is 1. The third-order valence-electron chi connectivity index (χ3n) is 3.70. The first-order valence-corrected chi connectivity index (χ1v) is 8.00. The van der Waals surface area contributed by atoms with Crippen molar-refractivity contribution in [3.8, 4) is 5.75 Å². The second-order valence-electron chi connectivity index (χ2n) is 5.60. The first-order valence-electron chi connectivity index (χ1n) is 7.18. The Morgan fingerprint density at radius 3 is 3.10 bits per heavy atom. The fraction of sp³-hybridized carbons (Fsp3) is 0.375. The maximum Gasteiger partial charge on any atom is 0.286 e. The highest BCUT2D eigenvalue weighted by atomic mass is 32.2. The van der Waals surface area contributed by atoms with Crippen LogP contribution in [0.25, 0.3) is 6.08 Å². The van der Waals surface area contributed by atoms with Crippen molar-refractivity contribution in [2.24, 2.45) is 10.9 Å². The molecule has 21 heavy (non-hydrogen) atoms. The van der Waals surface area contributed by atoms with Crippen LogP contribution in [-0.4, -0.2) is 34.2 Å². The molecule has 1 aromatic rings. The lowest BCUT2D eigenvalue weighted by Crippen LogP contribution is -2.37. The van der Waals surface area contributed by atoms with Crippen LogP contribution in [0.15, 0.2) is 34.2 Å². The van der Waals surface area contributed by atoms with E-state index in [0.717, 1.165) is 30.2 Å². The van der Waals surface area contributed by atoms with Gasteiger partial charge >= 0.3 is 0 Å². The van der Waals surface area contributed by atoms with E-state index < -0.39 is 0 Å². The average Bonchev–Trinajstić information content (AvgIpc) is 2.80. The number of thioether (sulfide) groups is 1. The Balaban J connectivity index is 1.75. The maximum absolute atomic E-state index is 12.0. The van der Waals surface area contributed by atoms with Gasteiger partial charge in [0.05, 0.1) is 4.91 Å². The molecule has 110 valence electrons. The van der Waals surface area contributed by atoms with Crippen molar-refractivity contribution in [2.75, 3.05) is 13.1 Å². The summed E-state index contributed by atoms with van der Waals surface area (Å²) in [5.41, 5.74) is 0.814. The molecule has 1 unspecified atom stereocenters. The topological polar surface area (TPSA) is 52.9 Å². The van der Waals surface area contributed by atoms with Crippen molar-refractivity contribution in [1.82, 2.24) is 4.90 Å². The SMILES string of the molecule is CC1CCCN(C2=NC(=O)/C(=C\c3cccc(O)c3)S2)C1. The van der Waals surface area contributed by atoms with Crippen LogP contribution >= 0.6 is 11.8 Å². The standard InChI is InChI=1S/C16H18N2O2S/c1-11-4-3-7-18(10-11)16-17-15(20)14(21-16)9-12-5-2-6-13(19)8-12/h2,5-6,8-9,11,19H,3-4,7,10H2,1H3/b14-9+. The number of rotatable bonds is 1. The molecule has 1 N–H and O–H groups in total. The number of phenols is 1. The van der Waals surface area contributed by atoms with Gasteiger partial charge in [-0.1, -0.05) is 19.1 Å². The molecule has 1 aromatic carbocycles. The van der Waals surface area contributed by atoms with Crippen LogP contribution in [0.5, 0.6) is 5.75 Å². The summed E-state index contributed by atoms with van der Waals surface area (Å²) < 4.78 is 0. The first-order chi connectivity index (χ1) is 10.1. The van der Waals surface area contributed by atoms with Crippen LogP contribution in [0.3, 0.4) is 0 Å². The number of hydrogen-bond acceptors (Lipinski definition) is 4. The van der Waals surface area contributed by atoms with Crippen LogP contribution in [0.1, 0.15) is 25.3 Å². The minimum atomic E-state index is -0.184. The Morgan fingerprint density at radius 2 is 2.33 bits per heavy atom. The molecule has 2 heterocycles. The molecule has 4 nitrogen and oxygen atoms in total. The highest BCUT2D eigenvalue weighted by Gasteiger charge is 2.28. The van der Waals surface area contributed by atoms with Gasteiger partial charge < -0.3 is 10.0 Å². The monoisotopic (exact) mass is 302 g/mol. The van der Waals surface area contributed by atoms with Gasteiger partial charge in [0.2, 0.25) is 0 Å². The predicted molar refractivity (Wildman–Crippen MR) is 86.1 cm³/mol. The van der Waals surface area contributed by atoms with Gasteiger partial charge in [0.1, 0.15) is 5.75 Å². The van der Waals surface area contributed by atoms with Crippen LogP contribution in [0.4, 0.5) is 0 Å². The Morgan fingerprint density at radius 1 is 1.48 bits per heavy atom. The zero-order valence-electron chi connectivity index (χ0n) is 12.0. The summed E-state index contributed by atoms with van der Waals surface area (Å²) in [6, 6.07) is 6.88. The molecule has 0 bridgehead atoms. The molecule has 2 aliphatic rings. The molecule has 0 aromatic heterocycles. The van der Waals surface area contributed by atoms with Gasteiger partial charge in [0, 0.05) is 13.1 Å². The highest BCUT2D eigenvalue weighted by Crippen LogP contribution is 2.32. The van der Waals surface area contributed by atoms with Gasteiger partial charge in [-0.05, 0) is 54.3 Å². The highest BCUT2D eigenvalue weighted by molar-refractivity contribution is 8.18. The lowest BCUT2D eigenvalue weighted by molar-refractivity contribution is -0.113. The van der Waals surface area contributed by atoms with Gasteiger partial charge in [0.15, 0.2) is 5.17 Å². The Hall–Kier alpha value is -1.75. The summed E-state index contributed by atoms with van der Waals surface area (Å²) in [4.78, 5) is 19.0. The smallest absolute Gasteiger partial charge is 0.286 e. The number of aromatic hydroxyl groups is 1. The molecule has 2 aliphatic heterocycles. The number of likely N-dealkylation sites (tertiary alicyclic amines) is 1. The molecule has 0 aliphatic carbocycles. The van der Waals surface area contributed by atoms with Crippen molar-refractivity contribution in [3.63, 3.8) is 0 Å². The van der Waals surface area contributed by atoms with Gasteiger partial charge in [0.25, 0.3) is 5.91 Å². The molecule has 0 saturated carbocycles. The number of aliphatic imine (C=N–C) groups is 1. The zero-order valence-corrected chi connectivity index (χ0v) is 12.8. The Kier molecular flexibility index (Phi) is 4.01. The molecule has 1 atom stereocenters. The number of carbonyl (C=O) groups is 1. The summed E-state index contributed by atoms with van der Waals surface area (Å²) in [6.07, 6.45) is 4.19. The third-order valence-corrected chi connectivity index (χ3v) is 4.75. The van der Waals surface area contributed by atoms with Crippen LogP contribution in [0.2, 0.25) is 0 Å². The van der Waals surface area contributed by atoms with Crippen molar-refractivity contribution < 1.29 is 9.90 Å². The number of piperidine rings is 1. The van der Waals surface area contributed by atoms with Crippen molar-refractivity contribution >= 4 is 28.9 Å². The van der Waals surface area contributed by atoms with Crippen LogP contribution < -0.4 is 0 Å². The molecule has 5 heteroatoms. The molecular weight excluding hydrogens is 284 g/mol. The second kappa shape index (κ2) is 5.93. The normalized spacial score (nSPS) is 24.5. The third kappa shape index (κ3) is 3.29. The summed E-state index contributed by atoms with van der Waals surface area (Å²) in [5.74, 6) is 0.665. The molecule has 1 fully saturated rings. The van der Waals surface area contributed by atoms with E-state index >= 15 is 0 Å². The van der Waals surface area contributed by atoms with Crippen molar-refractivity contribution in [3.05, 3.63) is 34.7 Å². The van der Waals surface area contributed by atoms with E-state index in [9.17, 15) is 9.90 Å². The van der Waals surface area contributed by atoms with Crippen molar-refractivity contribution in [2.45, 2.75) is 19.8 Å². The van der Waals surface area contributed by atoms with Crippen molar-refractivity contribution in [1.29, 1.82) is 0 Å². The minimum absolute atomic E-state index is 0.184. The van der Waals surface area contributed by atoms with Gasteiger partial charge in [-0.25, -0.2) is 0 Å². The Bertz CT molecular complexity index is 624. The van der Waals surface area contributed by atoms with Gasteiger partial charge in [-0.2, -0.15) is 4.99 Å². The number of nitrogens with zero attached hydrogens (tertiary/aromatic N) is 2. The van der Waals surface area contributed by atoms with E-state index in [1.165, 1.54) is 18.2 Å². The maximum atomic E-state index is 12.0. The van der Waals surface area contributed by atoms with Gasteiger partial charge in [-0.3, -0.25) is 4.79 Å². The largest absolute Gasteiger partial charge is 0.508 e. The van der Waals surface area contributed by atoms with E-state index in [-0.39, 0.29) is 11.7 Å². The predicted octanol–water partition coefficient (Wildman–Crippen LogP) is 3.09. The zero-order chi connectivity index (χ0) is 14.8. The van der Waals surface area contributed by atoms with E-state index in [4.69, 9.17) is 0 Å². The van der Waals surface area contributed by atoms with Gasteiger partial charge in [-0.15, -0.1) is 0 Å². The Labute approximate surface area is 128 Å². The number of amides is 1. The van der Waals surface area contributed by atoms with E-state index in [1.807, 2.05) is 6.07 Å². The summed E-state index contributed by atoms with van der Waals surface area (Å²) in [7, 11) is 0. The van der Waals surface area contributed by atoms with Crippen LogP contribution in [0, 0.1) is 5.92 Å². The summed E-state index contributed by atoms with van der Waals surface area (Å²) >= 11 is 1.43. The first kappa shape index (κ1) is 14.2.